The van der Waals surface area contributed by atoms with Crippen LogP contribution in [0, 0.1) is 0 Å². The molecule has 0 aliphatic heterocycles. The zero-order valence-corrected chi connectivity index (χ0v) is 23.8. The van der Waals surface area contributed by atoms with Crippen LogP contribution in [0.1, 0.15) is 116 Å². The zero-order chi connectivity index (χ0) is 27.6. The third-order valence-corrected chi connectivity index (χ3v) is 6.85. The lowest BCUT2D eigenvalue weighted by Crippen LogP contribution is -2.24. The first-order valence-corrected chi connectivity index (χ1v) is 15.7. The lowest BCUT2D eigenvalue weighted by atomic mass is 10.1. The molecule has 0 aliphatic rings. The molecule has 0 rings (SSSR count). The van der Waals surface area contributed by atoms with Gasteiger partial charge in [-0.2, -0.15) is 0 Å². The fourth-order valence-electron chi connectivity index (χ4n) is 3.63. The maximum absolute atomic E-state index is 11.8. The highest BCUT2D eigenvalue weighted by Gasteiger charge is 2.24. The summed E-state index contributed by atoms with van der Waals surface area (Å²) in [7, 11) is -4.48. The molecule has 0 saturated carbocycles. The van der Waals surface area contributed by atoms with Crippen molar-refractivity contribution < 1.29 is 43.4 Å². The van der Waals surface area contributed by atoms with Gasteiger partial charge in [0.05, 0.1) is 19.8 Å². The minimum absolute atomic E-state index is 0.262. The van der Waals surface area contributed by atoms with E-state index in [1.54, 1.807) is 0 Å². The van der Waals surface area contributed by atoms with Crippen molar-refractivity contribution in [2.24, 2.45) is 0 Å². The van der Waals surface area contributed by atoms with Crippen molar-refractivity contribution in [1.82, 2.24) is 0 Å². The van der Waals surface area contributed by atoms with Gasteiger partial charge in [0.25, 0.3) is 0 Å². The predicted octanol–water partition coefficient (Wildman–Crippen LogP) is 5.59. The normalized spacial score (nSPS) is 15.1. The minimum atomic E-state index is -4.48. The number of aliphatic hydroxyl groups is 3. The minimum Gasteiger partial charge on any atom is -0.463 e. The number of allylic oxidation sites excluding steroid dienone is 2. The topological polar surface area (TPSA) is 143 Å². The summed E-state index contributed by atoms with van der Waals surface area (Å²) >= 11 is 0. The fraction of sp³-hybridized carbons (Fsp3) is 0.889. The van der Waals surface area contributed by atoms with E-state index < -0.39 is 45.8 Å². The number of esters is 1. The first kappa shape index (κ1) is 36.2. The Labute approximate surface area is 224 Å². The fourth-order valence-corrected chi connectivity index (χ4v) is 4.43. The first-order valence-electron chi connectivity index (χ1n) is 14.2. The molecule has 0 amide bonds. The predicted molar refractivity (Wildman–Crippen MR) is 145 cm³/mol. The molecule has 0 aromatic rings. The average molecular weight is 553 g/mol. The van der Waals surface area contributed by atoms with Crippen LogP contribution in [-0.4, -0.2) is 64.8 Å². The number of rotatable bonds is 27. The quantitative estimate of drug-likeness (QED) is 0.0444. The molecule has 0 heterocycles. The van der Waals surface area contributed by atoms with E-state index in [0.717, 1.165) is 32.1 Å². The Balaban J connectivity index is 3.50. The van der Waals surface area contributed by atoms with Crippen molar-refractivity contribution in [2.45, 2.75) is 128 Å². The number of carbonyl (C=O) groups excluding carboxylic acids is 1. The van der Waals surface area contributed by atoms with E-state index in [4.69, 9.17) is 14.9 Å². The zero-order valence-electron chi connectivity index (χ0n) is 22.9. The molecule has 37 heavy (non-hydrogen) atoms. The molecule has 10 heteroatoms. The van der Waals surface area contributed by atoms with Gasteiger partial charge in [-0.05, 0) is 32.1 Å². The van der Waals surface area contributed by atoms with Crippen molar-refractivity contribution in [2.75, 3.05) is 26.4 Å². The van der Waals surface area contributed by atoms with Crippen molar-refractivity contribution in [3.63, 3.8) is 0 Å². The molecule has 0 aliphatic carbocycles. The molecular formula is C27H53O9P. The molecule has 0 bridgehead atoms. The third-order valence-electron chi connectivity index (χ3n) is 5.90. The van der Waals surface area contributed by atoms with Gasteiger partial charge in [0.1, 0.15) is 18.8 Å². The molecule has 3 unspecified atom stereocenters. The number of ether oxygens (including phenoxy) is 1. The summed E-state index contributed by atoms with van der Waals surface area (Å²) in [4.78, 5) is 21.2. The van der Waals surface area contributed by atoms with Gasteiger partial charge in [-0.1, -0.05) is 89.7 Å². The summed E-state index contributed by atoms with van der Waals surface area (Å²) in [5, 5.41) is 27.5. The van der Waals surface area contributed by atoms with Gasteiger partial charge >= 0.3 is 13.8 Å². The van der Waals surface area contributed by atoms with Crippen molar-refractivity contribution in [1.29, 1.82) is 0 Å². The number of phosphoric ester groups is 1. The number of aliphatic hydroxyl groups excluding tert-OH is 3. The Kier molecular flexibility index (Phi) is 24.9. The Morgan fingerprint density at radius 1 is 0.730 bits per heavy atom. The van der Waals surface area contributed by atoms with E-state index in [9.17, 15) is 19.4 Å². The summed E-state index contributed by atoms with van der Waals surface area (Å²) in [5.41, 5.74) is 0. The van der Waals surface area contributed by atoms with Gasteiger partial charge < -0.3 is 24.9 Å². The number of phosphoric acid groups is 1. The summed E-state index contributed by atoms with van der Waals surface area (Å²) in [6, 6.07) is 0. The van der Waals surface area contributed by atoms with Gasteiger partial charge in [0.2, 0.25) is 0 Å². The lowest BCUT2D eigenvalue weighted by Gasteiger charge is -2.16. The van der Waals surface area contributed by atoms with Crippen LogP contribution in [0.25, 0.3) is 0 Å². The molecule has 0 radical (unpaired) electrons. The van der Waals surface area contributed by atoms with E-state index in [-0.39, 0.29) is 13.0 Å². The van der Waals surface area contributed by atoms with Gasteiger partial charge in [0, 0.05) is 6.42 Å². The third kappa shape index (κ3) is 26.6. The van der Waals surface area contributed by atoms with Crippen LogP contribution in [0.5, 0.6) is 0 Å². The maximum atomic E-state index is 11.8. The molecule has 220 valence electrons. The van der Waals surface area contributed by atoms with Gasteiger partial charge in [-0.15, -0.1) is 0 Å². The number of unbranched alkanes of at least 4 members (excludes halogenated alkanes) is 14. The van der Waals surface area contributed by atoms with Crippen LogP contribution < -0.4 is 0 Å². The average Bonchev–Trinajstić information content (AvgIpc) is 2.88. The second-order valence-electron chi connectivity index (χ2n) is 9.63. The second-order valence-corrected chi connectivity index (χ2v) is 11.1. The highest BCUT2D eigenvalue weighted by atomic mass is 31.2. The Hall–Kier alpha value is -0.800. The standard InChI is InChI=1S/C27H53O9P/c1-2-3-4-5-6-7-8-9-10-11-12-13-14-15-16-17-18-19-20-27(31)34-22-26(30)24-36-37(32,33)35-23-25(29)21-28/h10-11,25-26,28-30H,2-9,12-24H2,1H3,(H,32,33)/b11-10-. The van der Waals surface area contributed by atoms with E-state index in [0.29, 0.717) is 0 Å². The SMILES string of the molecule is CCCCCCCCC/C=C\CCCCCCCCCC(=O)OCC(O)COP(=O)(O)OCC(O)CO. The van der Waals surface area contributed by atoms with Crippen LogP contribution >= 0.6 is 7.82 Å². The molecule has 9 nitrogen and oxygen atoms in total. The van der Waals surface area contributed by atoms with E-state index in [1.807, 2.05) is 0 Å². The molecular weight excluding hydrogens is 499 g/mol. The summed E-state index contributed by atoms with van der Waals surface area (Å²) in [6.45, 7) is 0.0986. The summed E-state index contributed by atoms with van der Waals surface area (Å²) < 4.78 is 25.6. The van der Waals surface area contributed by atoms with Crippen molar-refractivity contribution >= 4 is 13.8 Å². The molecule has 0 spiro atoms. The molecule has 0 aromatic carbocycles. The van der Waals surface area contributed by atoms with Crippen LogP contribution in [0.15, 0.2) is 12.2 Å². The number of carbonyl (C=O) groups is 1. The number of hydrogen-bond acceptors (Lipinski definition) is 8. The Bertz CT molecular complexity index is 600. The van der Waals surface area contributed by atoms with Crippen LogP contribution in [-0.2, 0) is 23.1 Å². The van der Waals surface area contributed by atoms with Crippen LogP contribution in [0.4, 0.5) is 0 Å². The molecule has 4 N–H and O–H groups in total. The Morgan fingerprint density at radius 3 is 1.70 bits per heavy atom. The molecule has 0 aromatic heterocycles. The second kappa shape index (κ2) is 25.5. The highest BCUT2D eigenvalue weighted by molar-refractivity contribution is 7.47. The first-order chi connectivity index (χ1) is 17.8. The van der Waals surface area contributed by atoms with Crippen LogP contribution in [0.2, 0.25) is 0 Å². The number of hydrogen-bond donors (Lipinski definition) is 4. The van der Waals surface area contributed by atoms with Crippen LogP contribution in [0.3, 0.4) is 0 Å². The summed E-state index contributed by atoms with van der Waals surface area (Å²) in [5.74, 6) is -0.433. The monoisotopic (exact) mass is 552 g/mol. The molecule has 0 fully saturated rings. The van der Waals surface area contributed by atoms with Crippen molar-refractivity contribution in [3.05, 3.63) is 12.2 Å². The maximum Gasteiger partial charge on any atom is 0.472 e. The van der Waals surface area contributed by atoms with Crippen molar-refractivity contribution in [3.8, 4) is 0 Å². The van der Waals surface area contributed by atoms with Gasteiger partial charge in [-0.25, -0.2) is 4.57 Å². The van der Waals surface area contributed by atoms with E-state index in [2.05, 4.69) is 28.1 Å². The highest BCUT2D eigenvalue weighted by Crippen LogP contribution is 2.43. The molecule has 0 saturated heterocycles. The summed E-state index contributed by atoms with van der Waals surface area (Å²) in [6.07, 6.45) is 21.8. The van der Waals surface area contributed by atoms with E-state index >= 15 is 0 Å². The van der Waals surface area contributed by atoms with E-state index in [1.165, 1.54) is 70.6 Å². The van der Waals surface area contributed by atoms with Gasteiger partial charge in [-0.3, -0.25) is 13.8 Å². The molecule has 3 atom stereocenters. The lowest BCUT2D eigenvalue weighted by molar-refractivity contribution is -0.147. The largest absolute Gasteiger partial charge is 0.472 e. The smallest absolute Gasteiger partial charge is 0.463 e. The Morgan fingerprint density at radius 2 is 1.19 bits per heavy atom. The van der Waals surface area contributed by atoms with Gasteiger partial charge in [0.15, 0.2) is 0 Å².